The van der Waals surface area contributed by atoms with Crippen LogP contribution in [0.3, 0.4) is 0 Å². The maximum atomic E-state index is 12.5. The van der Waals surface area contributed by atoms with Crippen molar-refractivity contribution in [2.45, 2.75) is 39.7 Å². The van der Waals surface area contributed by atoms with E-state index in [4.69, 9.17) is 4.74 Å². The van der Waals surface area contributed by atoms with E-state index in [-0.39, 0.29) is 5.78 Å². The monoisotopic (exact) mass is 289 g/mol. The van der Waals surface area contributed by atoms with E-state index in [2.05, 4.69) is 25.7 Å². The Hall–Kier alpha value is -1.19. The molecule has 0 N–H and O–H groups in total. The second-order valence-electron chi connectivity index (χ2n) is 6.26. The molecule has 1 unspecified atom stereocenters. The molecule has 1 saturated carbocycles. The zero-order valence-corrected chi connectivity index (χ0v) is 13.7. The van der Waals surface area contributed by atoms with Gasteiger partial charge in [0.1, 0.15) is 0 Å². The molecular formula is C18H27NO2. The van der Waals surface area contributed by atoms with Crippen molar-refractivity contribution >= 4 is 5.78 Å². The topological polar surface area (TPSA) is 29.5 Å². The second kappa shape index (κ2) is 7.19. The van der Waals surface area contributed by atoms with E-state index in [1.165, 1.54) is 24.0 Å². The van der Waals surface area contributed by atoms with Gasteiger partial charge in [-0.1, -0.05) is 12.1 Å². The Morgan fingerprint density at radius 1 is 1.33 bits per heavy atom. The summed E-state index contributed by atoms with van der Waals surface area (Å²) in [5.74, 6) is 0.969. The molecule has 3 heteroatoms. The zero-order valence-electron chi connectivity index (χ0n) is 13.7. The van der Waals surface area contributed by atoms with Gasteiger partial charge in [0.15, 0.2) is 5.78 Å². The summed E-state index contributed by atoms with van der Waals surface area (Å²) in [7, 11) is 1.71. The maximum absolute atomic E-state index is 12.5. The molecule has 0 radical (unpaired) electrons. The van der Waals surface area contributed by atoms with Crippen LogP contribution in [-0.4, -0.2) is 43.5 Å². The molecule has 1 aromatic carbocycles. The van der Waals surface area contributed by atoms with Crippen molar-refractivity contribution in [2.75, 3.05) is 26.8 Å². The third-order valence-electron chi connectivity index (χ3n) is 4.64. The molecule has 3 nitrogen and oxygen atoms in total. The first kappa shape index (κ1) is 16.2. The Morgan fingerprint density at radius 3 is 2.62 bits per heavy atom. The number of methoxy groups -OCH3 is 1. The van der Waals surface area contributed by atoms with Gasteiger partial charge in [-0.2, -0.15) is 0 Å². The molecule has 0 amide bonds. The maximum Gasteiger partial charge on any atom is 0.176 e. The van der Waals surface area contributed by atoms with Crippen LogP contribution in [0.15, 0.2) is 18.2 Å². The molecule has 0 aliphatic heterocycles. The second-order valence-corrected chi connectivity index (χ2v) is 6.26. The minimum Gasteiger partial charge on any atom is -0.383 e. The molecule has 0 heterocycles. The first-order valence-corrected chi connectivity index (χ1v) is 7.86. The highest BCUT2D eigenvalue weighted by atomic mass is 16.5. The van der Waals surface area contributed by atoms with Gasteiger partial charge in [0.25, 0.3) is 0 Å². The number of hydrogen-bond acceptors (Lipinski definition) is 3. The number of hydrogen-bond donors (Lipinski definition) is 0. The average Bonchev–Trinajstić information content (AvgIpc) is 3.30. The molecule has 0 saturated heterocycles. The lowest BCUT2D eigenvalue weighted by Gasteiger charge is -2.28. The van der Waals surface area contributed by atoms with E-state index >= 15 is 0 Å². The van der Waals surface area contributed by atoms with E-state index < -0.39 is 0 Å². The van der Waals surface area contributed by atoms with E-state index in [0.717, 1.165) is 18.0 Å². The number of carbonyl (C=O) groups excluding carboxylic acids is 1. The molecule has 21 heavy (non-hydrogen) atoms. The van der Waals surface area contributed by atoms with Crippen molar-refractivity contribution in [1.29, 1.82) is 0 Å². The molecule has 1 fully saturated rings. The van der Waals surface area contributed by atoms with Gasteiger partial charge in [0.2, 0.25) is 0 Å². The number of nitrogens with zero attached hydrogens (tertiary/aromatic N) is 1. The third-order valence-corrected chi connectivity index (χ3v) is 4.64. The number of benzene rings is 1. The Bertz CT molecular complexity index is 494. The fraction of sp³-hybridized carbons (Fsp3) is 0.611. The third kappa shape index (κ3) is 4.39. The molecule has 1 aromatic rings. The molecule has 0 spiro atoms. The molecule has 1 aliphatic carbocycles. The summed E-state index contributed by atoms with van der Waals surface area (Å²) in [5.41, 5.74) is 3.23. The molecule has 116 valence electrons. The van der Waals surface area contributed by atoms with Gasteiger partial charge >= 0.3 is 0 Å². The van der Waals surface area contributed by atoms with Gasteiger partial charge in [0, 0.05) is 25.3 Å². The van der Waals surface area contributed by atoms with Gasteiger partial charge < -0.3 is 4.74 Å². The van der Waals surface area contributed by atoms with Crippen LogP contribution in [0.1, 0.15) is 41.3 Å². The van der Waals surface area contributed by atoms with Gasteiger partial charge in [-0.05, 0) is 56.7 Å². The van der Waals surface area contributed by atoms with Crippen LogP contribution in [0.2, 0.25) is 0 Å². The van der Waals surface area contributed by atoms with Crippen molar-refractivity contribution in [1.82, 2.24) is 4.90 Å². The smallest absolute Gasteiger partial charge is 0.176 e. The predicted molar refractivity (Wildman–Crippen MR) is 85.9 cm³/mol. The van der Waals surface area contributed by atoms with E-state index in [1.54, 1.807) is 7.11 Å². The van der Waals surface area contributed by atoms with Crippen molar-refractivity contribution in [3.63, 3.8) is 0 Å². The number of Topliss-reactive ketones (excluding diaryl/α,β-unsaturated/α-hetero) is 1. The summed E-state index contributed by atoms with van der Waals surface area (Å²) in [6.45, 7) is 8.36. The molecular weight excluding hydrogens is 262 g/mol. The minimum atomic E-state index is 0.210. The van der Waals surface area contributed by atoms with E-state index in [1.807, 2.05) is 18.2 Å². The van der Waals surface area contributed by atoms with Crippen molar-refractivity contribution in [2.24, 2.45) is 5.92 Å². The van der Waals surface area contributed by atoms with Gasteiger partial charge in [-0.15, -0.1) is 0 Å². The van der Waals surface area contributed by atoms with Crippen LogP contribution in [0.5, 0.6) is 0 Å². The number of ether oxygens (including phenoxy) is 1. The van der Waals surface area contributed by atoms with Crippen LogP contribution in [-0.2, 0) is 4.74 Å². The number of rotatable bonds is 8. The highest BCUT2D eigenvalue weighted by Crippen LogP contribution is 2.35. The summed E-state index contributed by atoms with van der Waals surface area (Å²) in [4.78, 5) is 14.8. The number of aryl methyl sites for hydroxylation is 2. The van der Waals surface area contributed by atoms with Crippen molar-refractivity contribution in [3.05, 3.63) is 34.9 Å². The Kier molecular flexibility index (Phi) is 5.54. The predicted octanol–water partition coefficient (Wildman–Crippen LogP) is 3.23. The van der Waals surface area contributed by atoms with Gasteiger partial charge in [-0.3, -0.25) is 9.69 Å². The lowest BCUT2D eigenvalue weighted by atomic mass is 10.0. The SMILES string of the molecule is COCCN(CC(=O)c1ccc(C)c(C)c1)C(C)C1CC1. The first-order valence-electron chi connectivity index (χ1n) is 7.86. The fourth-order valence-corrected chi connectivity index (χ4v) is 2.70. The van der Waals surface area contributed by atoms with Gasteiger partial charge in [-0.25, -0.2) is 0 Å². The van der Waals surface area contributed by atoms with Crippen molar-refractivity contribution < 1.29 is 9.53 Å². The lowest BCUT2D eigenvalue weighted by Crippen LogP contribution is -2.40. The van der Waals surface area contributed by atoms with Gasteiger partial charge in [0.05, 0.1) is 13.2 Å². The van der Waals surface area contributed by atoms with Crippen LogP contribution < -0.4 is 0 Å². The van der Waals surface area contributed by atoms with E-state index in [9.17, 15) is 4.79 Å². The summed E-state index contributed by atoms with van der Waals surface area (Å²) >= 11 is 0. The summed E-state index contributed by atoms with van der Waals surface area (Å²) in [6.07, 6.45) is 2.59. The van der Waals surface area contributed by atoms with E-state index in [0.29, 0.717) is 19.2 Å². The number of carbonyl (C=O) groups is 1. The zero-order chi connectivity index (χ0) is 15.4. The molecule has 1 aliphatic rings. The first-order chi connectivity index (χ1) is 10.0. The highest BCUT2D eigenvalue weighted by Gasteiger charge is 2.32. The normalized spacial score (nSPS) is 16.2. The average molecular weight is 289 g/mol. The Labute approximate surface area is 128 Å². The standard InChI is InChI=1S/C18H27NO2/c1-13-5-6-17(11-14(13)2)18(20)12-19(9-10-21-4)15(3)16-7-8-16/h5-6,11,15-16H,7-10,12H2,1-4H3. The van der Waals surface area contributed by atoms with Crippen LogP contribution >= 0.6 is 0 Å². The molecule has 0 aromatic heterocycles. The quantitative estimate of drug-likeness (QED) is 0.688. The molecule has 0 bridgehead atoms. The summed E-state index contributed by atoms with van der Waals surface area (Å²) < 4.78 is 5.19. The lowest BCUT2D eigenvalue weighted by molar-refractivity contribution is 0.0816. The molecule has 2 rings (SSSR count). The summed E-state index contributed by atoms with van der Waals surface area (Å²) in [6, 6.07) is 6.46. The van der Waals surface area contributed by atoms with Crippen LogP contribution in [0.25, 0.3) is 0 Å². The Balaban J connectivity index is 2.03. The Morgan fingerprint density at radius 2 is 2.05 bits per heavy atom. The van der Waals surface area contributed by atoms with Crippen molar-refractivity contribution in [3.8, 4) is 0 Å². The van der Waals surface area contributed by atoms with Crippen LogP contribution in [0, 0.1) is 19.8 Å². The van der Waals surface area contributed by atoms with Crippen LogP contribution in [0.4, 0.5) is 0 Å². The minimum absolute atomic E-state index is 0.210. The summed E-state index contributed by atoms with van der Waals surface area (Å²) in [5, 5.41) is 0. The number of ketones is 1. The highest BCUT2D eigenvalue weighted by molar-refractivity contribution is 5.97. The fourth-order valence-electron chi connectivity index (χ4n) is 2.70. The molecule has 1 atom stereocenters. The largest absolute Gasteiger partial charge is 0.383 e.